The molecule has 2 aromatic rings. The van der Waals surface area contributed by atoms with Gasteiger partial charge in [0.05, 0.1) is 37.6 Å². The van der Waals surface area contributed by atoms with Crippen LogP contribution in [0.2, 0.25) is 0 Å². The largest absolute Gasteiger partial charge is 0.493 e. The number of benzene rings is 2. The Labute approximate surface area is 171 Å². The van der Waals surface area contributed by atoms with Crippen LogP contribution >= 0.6 is 0 Å². The molecule has 1 atom stereocenters. The number of esters is 1. The molecule has 2 rings (SSSR count). The number of aryl methyl sites for hydroxylation is 1. The van der Waals surface area contributed by atoms with Crippen LogP contribution in [-0.4, -0.2) is 40.8 Å². The molecule has 0 saturated heterocycles. The van der Waals surface area contributed by atoms with Crippen molar-refractivity contribution in [2.45, 2.75) is 24.5 Å². The van der Waals surface area contributed by atoms with Crippen LogP contribution in [-0.2, 0) is 39.9 Å². The zero-order chi connectivity index (χ0) is 21.1. The summed E-state index contributed by atoms with van der Waals surface area (Å²) in [5.41, 5.74) is 1.90. The molecule has 7 nitrogen and oxygen atoms in total. The van der Waals surface area contributed by atoms with Crippen LogP contribution in [0.25, 0.3) is 0 Å². The zero-order valence-electron chi connectivity index (χ0n) is 16.3. The number of methoxy groups -OCH3 is 1. The van der Waals surface area contributed by atoms with Crippen LogP contribution in [0, 0.1) is 6.92 Å². The van der Waals surface area contributed by atoms with Gasteiger partial charge in [-0.3, -0.25) is 4.18 Å². The molecule has 156 valence electrons. The SMILES string of the molecule is COC(=O)/C=C/OC(COCc1ccccc1)COS(=O)(=O)c1ccc(C)cc1. The third-order valence-corrected chi connectivity index (χ3v) is 5.11. The highest BCUT2D eigenvalue weighted by atomic mass is 32.2. The van der Waals surface area contributed by atoms with Gasteiger partial charge in [-0.05, 0) is 24.6 Å². The lowest BCUT2D eigenvalue weighted by Gasteiger charge is -2.17. The number of ether oxygens (including phenoxy) is 3. The average Bonchev–Trinajstić information content (AvgIpc) is 2.72. The smallest absolute Gasteiger partial charge is 0.333 e. The van der Waals surface area contributed by atoms with E-state index in [9.17, 15) is 13.2 Å². The zero-order valence-corrected chi connectivity index (χ0v) is 17.1. The molecule has 0 radical (unpaired) electrons. The predicted molar refractivity (Wildman–Crippen MR) is 106 cm³/mol. The van der Waals surface area contributed by atoms with Gasteiger partial charge in [0, 0.05) is 0 Å². The molecule has 0 aromatic heterocycles. The van der Waals surface area contributed by atoms with E-state index in [0.717, 1.165) is 23.5 Å². The third kappa shape index (κ3) is 8.06. The minimum absolute atomic E-state index is 0.0529. The molecule has 0 spiro atoms. The van der Waals surface area contributed by atoms with E-state index >= 15 is 0 Å². The van der Waals surface area contributed by atoms with Gasteiger partial charge in [-0.15, -0.1) is 0 Å². The summed E-state index contributed by atoms with van der Waals surface area (Å²) in [5, 5.41) is 0. The highest BCUT2D eigenvalue weighted by molar-refractivity contribution is 7.86. The van der Waals surface area contributed by atoms with Gasteiger partial charge in [0.2, 0.25) is 0 Å². The molecule has 0 aliphatic heterocycles. The van der Waals surface area contributed by atoms with Gasteiger partial charge in [0.15, 0.2) is 0 Å². The lowest BCUT2D eigenvalue weighted by atomic mass is 10.2. The summed E-state index contributed by atoms with van der Waals surface area (Å²) < 4.78 is 45.3. The van der Waals surface area contributed by atoms with Gasteiger partial charge in [0.1, 0.15) is 12.7 Å². The van der Waals surface area contributed by atoms with Gasteiger partial charge >= 0.3 is 5.97 Å². The molecule has 0 bridgehead atoms. The first kappa shape index (κ1) is 22.6. The first-order chi connectivity index (χ1) is 13.9. The number of carbonyl (C=O) groups excluding carboxylic acids is 1. The fraction of sp³-hybridized carbons (Fsp3) is 0.286. The topological polar surface area (TPSA) is 88.1 Å². The first-order valence-electron chi connectivity index (χ1n) is 8.88. The fourth-order valence-corrected chi connectivity index (χ4v) is 3.16. The fourth-order valence-electron chi connectivity index (χ4n) is 2.22. The number of hydrogen-bond acceptors (Lipinski definition) is 7. The Kier molecular flexibility index (Phi) is 8.85. The van der Waals surface area contributed by atoms with Gasteiger partial charge in [-0.1, -0.05) is 48.0 Å². The molecule has 29 heavy (non-hydrogen) atoms. The van der Waals surface area contributed by atoms with Crippen LogP contribution in [0.4, 0.5) is 0 Å². The van der Waals surface area contributed by atoms with Crippen molar-refractivity contribution in [3.8, 4) is 0 Å². The van der Waals surface area contributed by atoms with E-state index < -0.39 is 22.2 Å². The van der Waals surface area contributed by atoms with E-state index in [0.29, 0.717) is 6.61 Å². The van der Waals surface area contributed by atoms with E-state index in [4.69, 9.17) is 13.7 Å². The molecule has 0 aliphatic carbocycles. The van der Waals surface area contributed by atoms with E-state index in [1.54, 1.807) is 12.1 Å². The summed E-state index contributed by atoms with van der Waals surface area (Å²) in [5.74, 6) is -0.595. The van der Waals surface area contributed by atoms with Crippen molar-refractivity contribution in [2.24, 2.45) is 0 Å². The lowest BCUT2D eigenvalue weighted by molar-refractivity contribution is -0.135. The molecule has 8 heteroatoms. The van der Waals surface area contributed by atoms with Gasteiger partial charge in [-0.2, -0.15) is 8.42 Å². The number of carbonyl (C=O) groups is 1. The summed E-state index contributed by atoms with van der Waals surface area (Å²) >= 11 is 0. The van der Waals surface area contributed by atoms with Gasteiger partial charge < -0.3 is 14.2 Å². The maximum atomic E-state index is 12.4. The number of rotatable bonds is 11. The first-order valence-corrected chi connectivity index (χ1v) is 10.3. The van der Waals surface area contributed by atoms with Crippen molar-refractivity contribution < 1.29 is 31.6 Å². The lowest BCUT2D eigenvalue weighted by Crippen LogP contribution is -2.26. The van der Waals surface area contributed by atoms with Crippen molar-refractivity contribution in [1.29, 1.82) is 0 Å². The van der Waals surface area contributed by atoms with Crippen LogP contribution < -0.4 is 0 Å². The predicted octanol–water partition coefficient (Wildman–Crippen LogP) is 2.99. The summed E-state index contributed by atoms with van der Waals surface area (Å²) in [7, 11) is -2.71. The molecule has 0 amide bonds. The van der Waals surface area contributed by atoms with Gasteiger partial charge in [-0.25, -0.2) is 4.79 Å². The van der Waals surface area contributed by atoms with E-state index in [2.05, 4.69) is 4.74 Å². The second-order valence-corrected chi connectivity index (χ2v) is 7.75. The minimum Gasteiger partial charge on any atom is -0.493 e. The molecule has 1 unspecified atom stereocenters. The van der Waals surface area contributed by atoms with Crippen LogP contribution in [0.5, 0.6) is 0 Å². The Morgan fingerprint density at radius 2 is 1.72 bits per heavy atom. The normalized spacial score (nSPS) is 12.6. The maximum absolute atomic E-state index is 12.4. The van der Waals surface area contributed by atoms with E-state index in [-0.39, 0.29) is 18.1 Å². The van der Waals surface area contributed by atoms with E-state index in [1.807, 2.05) is 37.3 Å². The van der Waals surface area contributed by atoms with Crippen molar-refractivity contribution in [2.75, 3.05) is 20.3 Å². The van der Waals surface area contributed by atoms with Crippen LogP contribution in [0.3, 0.4) is 0 Å². The van der Waals surface area contributed by atoms with Crippen LogP contribution in [0.15, 0.2) is 71.8 Å². The Balaban J connectivity index is 1.96. The molecular weight excluding hydrogens is 396 g/mol. The average molecular weight is 420 g/mol. The van der Waals surface area contributed by atoms with Crippen LogP contribution in [0.1, 0.15) is 11.1 Å². The van der Waals surface area contributed by atoms with Crippen molar-refractivity contribution >= 4 is 16.1 Å². The molecule has 0 saturated carbocycles. The quantitative estimate of drug-likeness (QED) is 0.239. The Bertz CT molecular complexity index is 890. The summed E-state index contributed by atoms with van der Waals surface area (Å²) in [6.07, 6.45) is 1.46. The monoisotopic (exact) mass is 420 g/mol. The molecule has 0 N–H and O–H groups in total. The molecule has 2 aromatic carbocycles. The maximum Gasteiger partial charge on any atom is 0.333 e. The van der Waals surface area contributed by atoms with Gasteiger partial charge in [0.25, 0.3) is 10.1 Å². The van der Waals surface area contributed by atoms with E-state index in [1.165, 1.54) is 19.2 Å². The number of hydrogen-bond donors (Lipinski definition) is 0. The Morgan fingerprint density at radius 3 is 2.38 bits per heavy atom. The minimum atomic E-state index is -3.95. The summed E-state index contributed by atoms with van der Waals surface area (Å²) in [6, 6.07) is 15.8. The van der Waals surface area contributed by atoms with Crippen molar-refractivity contribution in [1.82, 2.24) is 0 Å². The van der Waals surface area contributed by atoms with Crippen molar-refractivity contribution in [3.05, 3.63) is 78.1 Å². The Hall–Kier alpha value is -2.68. The highest BCUT2D eigenvalue weighted by Crippen LogP contribution is 2.14. The molecular formula is C21H24O7S. The molecule has 0 fully saturated rings. The second-order valence-electron chi connectivity index (χ2n) is 6.14. The van der Waals surface area contributed by atoms with Crippen molar-refractivity contribution in [3.63, 3.8) is 0 Å². The standard InChI is InChI=1S/C21H24O7S/c1-17-8-10-20(11-9-17)29(23,24)28-16-19(27-13-12-21(22)25-2)15-26-14-18-6-4-3-5-7-18/h3-13,19H,14-16H2,1-2H3/b13-12+. The molecule has 0 heterocycles. The summed E-state index contributed by atoms with van der Waals surface area (Å²) in [6.45, 7) is 1.96. The third-order valence-electron chi connectivity index (χ3n) is 3.81. The highest BCUT2D eigenvalue weighted by Gasteiger charge is 2.19. The Morgan fingerprint density at radius 1 is 1.03 bits per heavy atom. The second kappa shape index (κ2) is 11.4. The molecule has 0 aliphatic rings. The summed E-state index contributed by atoms with van der Waals surface area (Å²) in [4.78, 5) is 11.2.